The van der Waals surface area contributed by atoms with Gasteiger partial charge in [-0.25, -0.2) is 0 Å². The van der Waals surface area contributed by atoms with Crippen LogP contribution in [0, 0.1) is 23.7 Å². The van der Waals surface area contributed by atoms with E-state index >= 15 is 0 Å². The van der Waals surface area contributed by atoms with Crippen molar-refractivity contribution in [2.24, 2.45) is 23.7 Å². The van der Waals surface area contributed by atoms with Crippen molar-refractivity contribution in [3.8, 4) is 5.69 Å². The van der Waals surface area contributed by atoms with Gasteiger partial charge >= 0.3 is 0 Å². The minimum absolute atomic E-state index is 0.221. The Balaban J connectivity index is 1.58. The van der Waals surface area contributed by atoms with E-state index in [9.17, 15) is 0 Å². The maximum atomic E-state index is 2.63. The summed E-state index contributed by atoms with van der Waals surface area (Å²) in [5, 5.41) is 2.86. The van der Waals surface area contributed by atoms with E-state index in [4.69, 9.17) is 0 Å². The lowest BCUT2D eigenvalue weighted by molar-refractivity contribution is -0.0418. The second kappa shape index (κ2) is 5.63. The van der Waals surface area contributed by atoms with Crippen LogP contribution in [0.25, 0.3) is 27.5 Å². The molecule has 4 aliphatic carbocycles. The number of aryl methyl sites for hydroxylation is 1. The van der Waals surface area contributed by atoms with Gasteiger partial charge in [-0.2, -0.15) is 0 Å². The summed E-state index contributed by atoms with van der Waals surface area (Å²) in [5.74, 6) is 3.59. The van der Waals surface area contributed by atoms with E-state index in [0.717, 1.165) is 30.1 Å². The number of aromatic nitrogens is 1. The summed E-state index contributed by atoms with van der Waals surface area (Å²) in [6.45, 7) is 2.29. The first kappa shape index (κ1) is 17.1. The van der Waals surface area contributed by atoms with Gasteiger partial charge in [-0.3, -0.25) is 0 Å². The van der Waals surface area contributed by atoms with Gasteiger partial charge in [-0.05, 0) is 91.0 Å². The lowest BCUT2D eigenvalue weighted by atomic mass is 9.41. The Bertz CT molecular complexity index is 1360. The molecule has 2 heterocycles. The smallest absolute Gasteiger partial charge is 0.0582 e. The van der Waals surface area contributed by atoms with Crippen molar-refractivity contribution in [2.75, 3.05) is 0 Å². The van der Waals surface area contributed by atoms with Gasteiger partial charge in [0, 0.05) is 16.2 Å². The SMILES string of the molecule is CCc1ccc2c(c1)-n1c3ccccc3c3cccc(c31)C21C2CC3CC(C2)CC1C3. The highest BCUT2D eigenvalue weighted by molar-refractivity contribution is 6.11. The van der Waals surface area contributed by atoms with Crippen molar-refractivity contribution < 1.29 is 0 Å². The van der Waals surface area contributed by atoms with Crippen LogP contribution in [0.4, 0.5) is 0 Å². The standard InChI is InChI=1S/C30H29N/c1-2-18-10-11-25-28(17-18)31-27-9-4-3-6-23(27)24-7-5-8-26(29(24)31)30(25)21-13-19-12-20(15-21)16-22(30)14-19/h3-11,17,19-22H,2,12-16H2,1H3. The lowest BCUT2D eigenvalue weighted by Gasteiger charge is -2.63. The number of hydrogen-bond donors (Lipinski definition) is 0. The fourth-order valence-corrected chi connectivity index (χ4v) is 8.89. The number of fused-ring (bicyclic) bond motifs is 5. The molecule has 0 amide bonds. The topological polar surface area (TPSA) is 4.93 Å². The van der Waals surface area contributed by atoms with E-state index in [-0.39, 0.29) is 5.41 Å². The summed E-state index contributed by atoms with van der Waals surface area (Å²) in [6.07, 6.45) is 8.38. The predicted molar refractivity (Wildman–Crippen MR) is 128 cm³/mol. The maximum absolute atomic E-state index is 2.63. The Morgan fingerprint density at radius 1 is 0.774 bits per heavy atom. The minimum atomic E-state index is 0.221. The van der Waals surface area contributed by atoms with Crippen LogP contribution in [-0.2, 0) is 11.8 Å². The van der Waals surface area contributed by atoms with Gasteiger partial charge in [0.25, 0.3) is 0 Å². The van der Waals surface area contributed by atoms with E-state index in [1.807, 2.05) is 0 Å². The first-order valence-electron chi connectivity index (χ1n) is 12.5. The zero-order valence-electron chi connectivity index (χ0n) is 18.3. The van der Waals surface area contributed by atoms with E-state index in [1.54, 1.807) is 11.1 Å². The Kier molecular flexibility index (Phi) is 3.10. The molecule has 31 heavy (non-hydrogen) atoms. The molecule has 0 N–H and O–H groups in total. The van der Waals surface area contributed by atoms with Gasteiger partial charge < -0.3 is 4.57 Å². The fraction of sp³-hybridized carbons (Fsp3) is 0.400. The lowest BCUT2D eigenvalue weighted by Crippen LogP contribution is -2.57. The number of rotatable bonds is 1. The fourth-order valence-electron chi connectivity index (χ4n) is 8.89. The second-order valence-electron chi connectivity index (χ2n) is 10.9. The predicted octanol–water partition coefficient (Wildman–Crippen LogP) is 7.40. The van der Waals surface area contributed by atoms with Crippen molar-refractivity contribution >= 4 is 21.8 Å². The second-order valence-corrected chi connectivity index (χ2v) is 10.9. The zero-order valence-corrected chi connectivity index (χ0v) is 18.3. The summed E-state index contributed by atoms with van der Waals surface area (Å²) >= 11 is 0. The van der Waals surface area contributed by atoms with Crippen molar-refractivity contribution in [1.82, 2.24) is 4.57 Å². The minimum Gasteiger partial charge on any atom is -0.309 e. The number of para-hydroxylation sites is 2. The highest BCUT2D eigenvalue weighted by atomic mass is 15.0. The van der Waals surface area contributed by atoms with Crippen molar-refractivity contribution in [2.45, 2.75) is 50.9 Å². The first-order valence-corrected chi connectivity index (χ1v) is 12.5. The molecule has 0 unspecified atom stereocenters. The Labute approximate surface area is 184 Å². The molecule has 1 heteroatoms. The molecule has 5 aliphatic rings. The highest BCUT2D eigenvalue weighted by Gasteiger charge is 2.60. The van der Waals surface area contributed by atoms with Crippen LogP contribution >= 0.6 is 0 Å². The monoisotopic (exact) mass is 403 g/mol. The molecule has 1 aliphatic heterocycles. The third-order valence-electron chi connectivity index (χ3n) is 9.72. The van der Waals surface area contributed by atoms with E-state index in [0.29, 0.717) is 0 Å². The molecule has 0 atom stereocenters. The van der Waals surface area contributed by atoms with Gasteiger partial charge in [-0.15, -0.1) is 0 Å². The summed E-state index contributed by atoms with van der Waals surface area (Å²) < 4.78 is 2.63. The van der Waals surface area contributed by atoms with Gasteiger partial charge in [0.1, 0.15) is 0 Å². The molecule has 154 valence electrons. The van der Waals surface area contributed by atoms with Crippen LogP contribution < -0.4 is 0 Å². The molecule has 4 saturated carbocycles. The summed E-state index contributed by atoms with van der Waals surface area (Å²) in [4.78, 5) is 0. The van der Waals surface area contributed by atoms with Gasteiger partial charge in [-0.1, -0.05) is 55.5 Å². The van der Waals surface area contributed by atoms with Crippen molar-refractivity contribution in [1.29, 1.82) is 0 Å². The molecule has 3 aromatic carbocycles. The van der Waals surface area contributed by atoms with Crippen LogP contribution in [0.15, 0.2) is 60.7 Å². The average Bonchev–Trinajstić information content (AvgIpc) is 3.14. The van der Waals surface area contributed by atoms with E-state index in [2.05, 4.69) is 72.2 Å². The first-order chi connectivity index (χ1) is 15.3. The highest BCUT2D eigenvalue weighted by Crippen LogP contribution is 2.67. The number of hydrogen-bond acceptors (Lipinski definition) is 0. The molecular weight excluding hydrogens is 374 g/mol. The molecule has 0 radical (unpaired) electrons. The molecule has 1 nitrogen and oxygen atoms in total. The molecule has 4 fully saturated rings. The van der Waals surface area contributed by atoms with Crippen LogP contribution in [0.2, 0.25) is 0 Å². The van der Waals surface area contributed by atoms with Crippen LogP contribution in [-0.4, -0.2) is 4.57 Å². The molecule has 1 aromatic heterocycles. The Morgan fingerprint density at radius 2 is 1.52 bits per heavy atom. The largest absolute Gasteiger partial charge is 0.309 e. The molecule has 4 bridgehead atoms. The van der Waals surface area contributed by atoms with E-state index in [1.165, 1.54) is 65.2 Å². The third-order valence-corrected chi connectivity index (χ3v) is 9.72. The normalized spacial score (nSPS) is 32.3. The molecular formula is C30H29N. The summed E-state index contributed by atoms with van der Waals surface area (Å²) in [5.41, 5.74) is 9.33. The van der Waals surface area contributed by atoms with Crippen LogP contribution in [0.5, 0.6) is 0 Å². The quantitative estimate of drug-likeness (QED) is 0.312. The average molecular weight is 404 g/mol. The third kappa shape index (κ3) is 1.87. The molecule has 4 aromatic rings. The maximum Gasteiger partial charge on any atom is 0.0582 e. The molecule has 0 saturated heterocycles. The van der Waals surface area contributed by atoms with E-state index < -0.39 is 0 Å². The Morgan fingerprint density at radius 3 is 2.29 bits per heavy atom. The summed E-state index contributed by atoms with van der Waals surface area (Å²) in [6, 6.07) is 23.8. The van der Waals surface area contributed by atoms with Crippen LogP contribution in [0.1, 0.15) is 55.7 Å². The van der Waals surface area contributed by atoms with Gasteiger partial charge in [0.2, 0.25) is 0 Å². The summed E-state index contributed by atoms with van der Waals surface area (Å²) in [7, 11) is 0. The number of benzene rings is 3. The van der Waals surface area contributed by atoms with Crippen LogP contribution in [0.3, 0.4) is 0 Å². The molecule has 9 rings (SSSR count). The number of nitrogens with zero attached hydrogens (tertiary/aromatic N) is 1. The zero-order chi connectivity index (χ0) is 20.3. The van der Waals surface area contributed by atoms with Crippen molar-refractivity contribution in [3.63, 3.8) is 0 Å². The van der Waals surface area contributed by atoms with Gasteiger partial charge in [0.15, 0.2) is 0 Å². The van der Waals surface area contributed by atoms with Gasteiger partial charge in [0.05, 0.1) is 16.7 Å². The molecule has 1 spiro atoms. The van der Waals surface area contributed by atoms with Crippen molar-refractivity contribution in [3.05, 3.63) is 77.4 Å². The Hall–Kier alpha value is -2.54.